The molecule has 0 amide bonds. The van der Waals surface area contributed by atoms with Crippen LogP contribution in [-0.4, -0.2) is 17.4 Å². The molecular weight excluding hydrogens is 370 g/mol. The number of carbonyl (C=O) groups is 1. The molecule has 0 aromatic rings. The number of esters is 1. The second-order valence-corrected chi connectivity index (χ2v) is 6.66. The summed E-state index contributed by atoms with van der Waals surface area (Å²) < 4.78 is 18.7. The third-order valence-electron chi connectivity index (χ3n) is 3.38. The maximum atomic E-state index is 13.6. The Kier molecular flexibility index (Phi) is 6.12. The first-order valence-electron chi connectivity index (χ1n) is 5.86. The molecule has 0 N–H and O–H groups in total. The predicted octanol–water partition coefficient (Wildman–Crippen LogP) is 4.37. The quantitative estimate of drug-likeness (QED) is 0.400. The van der Waals surface area contributed by atoms with Crippen LogP contribution < -0.4 is 0 Å². The monoisotopic (exact) mass is 382 g/mol. The summed E-state index contributed by atoms with van der Waals surface area (Å²) in [6.07, 6.45) is 6.68. The van der Waals surface area contributed by atoms with E-state index in [1.807, 2.05) is 13.8 Å². The van der Waals surface area contributed by atoms with E-state index in [1.54, 1.807) is 6.08 Å². The van der Waals surface area contributed by atoms with Crippen LogP contribution in [0.15, 0.2) is 22.5 Å². The van der Waals surface area contributed by atoms with Crippen LogP contribution in [0.5, 0.6) is 0 Å². The Labute approximate surface area is 136 Å². The zero-order valence-electron chi connectivity index (χ0n) is 11.0. The molecule has 3 atom stereocenters. The van der Waals surface area contributed by atoms with Gasteiger partial charge in [0, 0.05) is 5.33 Å². The SMILES string of the molecule is C#CC(OC(=O)C1C(C=C(Cl)Cl)C1(C)C)C(F)=CCBr. The van der Waals surface area contributed by atoms with Gasteiger partial charge in [-0.3, -0.25) is 4.79 Å². The number of halogens is 4. The van der Waals surface area contributed by atoms with Crippen molar-refractivity contribution in [2.45, 2.75) is 20.0 Å². The largest absolute Gasteiger partial charge is 0.441 e. The lowest BCUT2D eigenvalue weighted by atomic mass is 10.1. The molecule has 2 nitrogen and oxygen atoms in total. The Morgan fingerprint density at radius 2 is 2.20 bits per heavy atom. The molecule has 0 saturated heterocycles. The number of terminal acetylenes is 1. The molecule has 0 aromatic carbocycles. The Bertz CT molecular complexity index is 490. The zero-order chi connectivity index (χ0) is 15.5. The average molecular weight is 384 g/mol. The minimum absolute atomic E-state index is 0.0947. The summed E-state index contributed by atoms with van der Waals surface area (Å²) in [6.45, 7) is 3.76. The third kappa shape index (κ3) is 4.00. The van der Waals surface area contributed by atoms with E-state index in [-0.39, 0.29) is 21.2 Å². The van der Waals surface area contributed by atoms with Crippen molar-refractivity contribution in [1.82, 2.24) is 0 Å². The molecule has 110 valence electrons. The van der Waals surface area contributed by atoms with Crippen molar-refractivity contribution in [3.05, 3.63) is 22.5 Å². The Morgan fingerprint density at radius 3 is 2.65 bits per heavy atom. The minimum Gasteiger partial charge on any atom is -0.441 e. The molecule has 0 heterocycles. The lowest BCUT2D eigenvalue weighted by Gasteiger charge is -2.11. The molecule has 0 radical (unpaired) electrons. The fraction of sp³-hybridized carbons (Fsp3) is 0.500. The van der Waals surface area contributed by atoms with Crippen LogP contribution in [0.25, 0.3) is 0 Å². The van der Waals surface area contributed by atoms with Crippen LogP contribution in [0.3, 0.4) is 0 Å². The van der Waals surface area contributed by atoms with Crippen molar-refractivity contribution in [3.63, 3.8) is 0 Å². The van der Waals surface area contributed by atoms with Gasteiger partial charge in [-0.1, -0.05) is 58.9 Å². The molecule has 0 aromatic heterocycles. The first kappa shape index (κ1) is 17.6. The predicted molar refractivity (Wildman–Crippen MR) is 82.2 cm³/mol. The van der Waals surface area contributed by atoms with Gasteiger partial charge in [0.2, 0.25) is 6.10 Å². The third-order valence-corrected chi connectivity index (χ3v) is 3.95. The van der Waals surface area contributed by atoms with Gasteiger partial charge in [0.25, 0.3) is 0 Å². The second-order valence-electron chi connectivity index (χ2n) is 5.01. The van der Waals surface area contributed by atoms with Crippen molar-refractivity contribution >= 4 is 45.1 Å². The maximum Gasteiger partial charge on any atom is 0.311 e. The molecule has 1 aliphatic rings. The second kappa shape index (κ2) is 6.98. The zero-order valence-corrected chi connectivity index (χ0v) is 14.1. The molecule has 1 aliphatic carbocycles. The van der Waals surface area contributed by atoms with E-state index in [2.05, 4.69) is 21.9 Å². The normalized spacial score (nSPS) is 25.4. The van der Waals surface area contributed by atoms with Crippen LogP contribution in [0.2, 0.25) is 0 Å². The van der Waals surface area contributed by atoms with Gasteiger partial charge in [0.05, 0.1) is 5.92 Å². The number of carbonyl (C=O) groups excluding carboxylic acids is 1. The van der Waals surface area contributed by atoms with Crippen LogP contribution in [0, 0.1) is 29.6 Å². The van der Waals surface area contributed by atoms with E-state index in [4.69, 9.17) is 34.4 Å². The van der Waals surface area contributed by atoms with E-state index >= 15 is 0 Å². The van der Waals surface area contributed by atoms with Crippen molar-refractivity contribution in [2.75, 3.05) is 5.33 Å². The van der Waals surface area contributed by atoms with Gasteiger partial charge in [0.1, 0.15) is 10.3 Å². The summed E-state index contributed by atoms with van der Waals surface area (Å²) in [4.78, 5) is 12.1. The Morgan fingerprint density at radius 1 is 1.60 bits per heavy atom. The Balaban J connectivity index is 2.76. The number of alkyl halides is 1. The molecular formula is C14H14BrCl2FO2. The van der Waals surface area contributed by atoms with Crippen LogP contribution in [0.4, 0.5) is 4.39 Å². The molecule has 0 spiro atoms. The van der Waals surface area contributed by atoms with Crippen LogP contribution >= 0.6 is 39.1 Å². The number of hydrogen-bond donors (Lipinski definition) is 0. The fourth-order valence-electron chi connectivity index (χ4n) is 2.11. The van der Waals surface area contributed by atoms with E-state index in [1.165, 1.54) is 6.08 Å². The standard InChI is InChI=1S/C14H14BrCl2FO2/c1-4-10(9(18)5-6-15)20-13(19)12-8(7-11(16)17)14(12,2)3/h1,5,7-8,10,12H,6H2,2-3H3. The Hall–Kier alpha value is -0.500. The number of rotatable bonds is 5. The average Bonchev–Trinajstić information content (AvgIpc) is 2.86. The first-order valence-corrected chi connectivity index (χ1v) is 7.74. The van der Waals surface area contributed by atoms with E-state index in [0.29, 0.717) is 0 Å². The molecule has 3 unspecified atom stereocenters. The molecule has 20 heavy (non-hydrogen) atoms. The molecule has 0 aliphatic heterocycles. The van der Waals surface area contributed by atoms with Crippen molar-refractivity contribution < 1.29 is 13.9 Å². The van der Waals surface area contributed by atoms with Crippen molar-refractivity contribution in [1.29, 1.82) is 0 Å². The summed E-state index contributed by atoms with van der Waals surface area (Å²) in [5.41, 5.74) is -0.332. The number of ether oxygens (including phenoxy) is 1. The fourth-order valence-corrected chi connectivity index (χ4v) is 2.70. The molecule has 0 bridgehead atoms. The van der Waals surface area contributed by atoms with Gasteiger partial charge in [-0.25, -0.2) is 4.39 Å². The maximum absolute atomic E-state index is 13.6. The number of allylic oxidation sites excluding steroid dienone is 2. The highest BCUT2D eigenvalue weighted by Crippen LogP contribution is 2.60. The van der Waals surface area contributed by atoms with Gasteiger partial charge in [-0.05, 0) is 23.5 Å². The topological polar surface area (TPSA) is 26.3 Å². The van der Waals surface area contributed by atoms with Gasteiger partial charge in [0.15, 0.2) is 0 Å². The summed E-state index contributed by atoms with van der Waals surface area (Å²) in [7, 11) is 0. The highest BCUT2D eigenvalue weighted by Gasteiger charge is 2.62. The van der Waals surface area contributed by atoms with Gasteiger partial charge in [-0.2, -0.15) is 0 Å². The highest BCUT2D eigenvalue weighted by molar-refractivity contribution is 9.09. The highest BCUT2D eigenvalue weighted by atomic mass is 79.9. The van der Waals surface area contributed by atoms with E-state index in [0.717, 1.165) is 0 Å². The molecule has 6 heteroatoms. The van der Waals surface area contributed by atoms with Crippen molar-refractivity contribution in [3.8, 4) is 12.3 Å². The van der Waals surface area contributed by atoms with Gasteiger partial charge < -0.3 is 4.74 Å². The molecule has 1 rings (SSSR count). The summed E-state index contributed by atoms with van der Waals surface area (Å²) in [5.74, 6) is 0.326. The minimum atomic E-state index is -1.30. The summed E-state index contributed by atoms with van der Waals surface area (Å²) in [6, 6.07) is 0. The lowest BCUT2D eigenvalue weighted by molar-refractivity contribution is -0.148. The van der Waals surface area contributed by atoms with E-state index in [9.17, 15) is 9.18 Å². The smallest absolute Gasteiger partial charge is 0.311 e. The lowest BCUT2D eigenvalue weighted by Crippen LogP contribution is -2.20. The van der Waals surface area contributed by atoms with Crippen LogP contribution in [-0.2, 0) is 9.53 Å². The van der Waals surface area contributed by atoms with Crippen LogP contribution in [0.1, 0.15) is 13.8 Å². The number of hydrogen-bond acceptors (Lipinski definition) is 2. The summed E-state index contributed by atoms with van der Waals surface area (Å²) >= 11 is 14.3. The van der Waals surface area contributed by atoms with Crippen molar-refractivity contribution in [2.24, 2.45) is 17.3 Å². The van der Waals surface area contributed by atoms with Gasteiger partial charge in [-0.15, -0.1) is 6.42 Å². The van der Waals surface area contributed by atoms with Gasteiger partial charge >= 0.3 is 5.97 Å². The summed E-state index contributed by atoms with van der Waals surface area (Å²) in [5, 5.41) is 0.288. The molecule has 1 fully saturated rings. The first-order chi connectivity index (χ1) is 9.25. The van der Waals surface area contributed by atoms with E-state index < -0.39 is 23.8 Å². The molecule has 1 saturated carbocycles.